The average Bonchev–Trinajstić information content (AvgIpc) is 2.75. The summed E-state index contributed by atoms with van der Waals surface area (Å²) in [6, 6.07) is 17.3. The smallest absolute Gasteiger partial charge is 0.175 e. The molecule has 3 aromatic carbocycles. The SMILES string of the molecule is CCOc1cc(CNCc2ccccc2OC)cc(Br)c1OCc1ccc(Cl)cc1Cl. The second-order valence-corrected chi connectivity index (χ2v) is 8.48. The molecule has 0 unspecified atom stereocenters. The molecule has 0 heterocycles. The van der Waals surface area contributed by atoms with Gasteiger partial charge in [0.2, 0.25) is 0 Å². The Morgan fingerprint density at radius 3 is 2.45 bits per heavy atom. The van der Waals surface area contributed by atoms with Crippen LogP contribution in [0.5, 0.6) is 17.2 Å². The molecule has 0 saturated heterocycles. The fourth-order valence-corrected chi connectivity index (χ4v) is 4.17. The highest BCUT2D eigenvalue weighted by molar-refractivity contribution is 9.10. The monoisotopic (exact) mass is 523 g/mol. The second-order valence-electron chi connectivity index (χ2n) is 6.78. The van der Waals surface area contributed by atoms with Gasteiger partial charge in [0.15, 0.2) is 11.5 Å². The molecule has 0 aliphatic rings. The van der Waals surface area contributed by atoms with Crippen LogP contribution in [0.25, 0.3) is 0 Å². The highest BCUT2D eigenvalue weighted by Gasteiger charge is 2.14. The van der Waals surface area contributed by atoms with Crippen molar-refractivity contribution >= 4 is 39.1 Å². The third kappa shape index (κ3) is 6.53. The van der Waals surface area contributed by atoms with Crippen LogP contribution in [0, 0.1) is 0 Å². The summed E-state index contributed by atoms with van der Waals surface area (Å²) in [5.41, 5.74) is 3.03. The minimum atomic E-state index is 0.306. The van der Waals surface area contributed by atoms with Gasteiger partial charge in [0.05, 0.1) is 18.2 Å². The predicted octanol–water partition coefficient (Wildman–Crippen LogP) is 7.03. The van der Waals surface area contributed by atoms with E-state index in [1.165, 1.54) is 0 Å². The van der Waals surface area contributed by atoms with E-state index in [0.717, 1.165) is 26.9 Å². The molecule has 4 nitrogen and oxygen atoms in total. The van der Waals surface area contributed by atoms with Gasteiger partial charge in [0, 0.05) is 34.3 Å². The third-order valence-corrected chi connectivity index (χ3v) is 5.77. The summed E-state index contributed by atoms with van der Waals surface area (Å²) >= 11 is 15.9. The molecule has 31 heavy (non-hydrogen) atoms. The van der Waals surface area contributed by atoms with E-state index < -0.39 is 0 Å². The molecule has 0 atom stereocenters. The Labute approximate surface area is 201 Å². The number of hydrogen-bond donors (Lipinski definition) is 1. The van der Waals surface area contributed by atoms with Gasteiger partial charge >= 0.3 is 0 Å². The van der Waals surface area contributed by atoms with Crippen molar-refractivity contribution in [3.05, 3.63) is 85.8 Å². The maximum atomic E-state index is 6.27. The van der Waals surface area contributed by atoms with Gasteiger partial charge in [-0.1, -0.05) is 47.5 Å². The number of para-hydroxylation sites is 1. The van der Waals surface area contributed by atoms with Crippen molar-refractivity contribution in [3.8, 4) is 17.2 Å². The number of nitrogens with one attached hydrogen (secondary N) is 1. The molecule has 0 saturated carbocycles. The van der Waals surface area contributed by atoms with Gasteiger partial charge in [-0.15, -0.1) is 0 Å². The first-order chi connectivity index (χ1) is 15.0. The van der Waals surface area contributed by atoms with Crippen molar-refractivity contribution in [2.24, 2.45) is 0 Å². The van der Waals surface area contributed by atoms with Crippen LogP contribution in [0.2, 0.25) is 10.0 Å². The van der Waals surface area contributed by atoms with Gasteiger partial charge in [0.25, 0.3) is 0 Å². The number of benzene rings is 3. The molecule has 0 bridgehead atoms. The summed E-state index contributed by atoms with van der Waals surface area (Å²) < 4.78 is 18.1. The molecule has 3 aromatic rings. The Kier molecular flexibility index (Phi) is 8.90. The van der Waals surface area contributed by atoms with Crippen molar-refractivity contribution in [3.63, 3.8) is 0 Å². The van der Waals surface area contributed by atoms with Crippen molar-refractivity contribution in [1.82, 2.24) is 5.32 Å². The lowest BCUT2D eigenvalue weighted by Gasteiger charge is -2.16. The predicted molar refractivity (Wildman–Crippen MR) is 130 cm³/mol. The van der Waals surface area contributed by atoms with E-state index in [9.17, 15) is 0 Å². The van der Waals surface area contributed by atoms with Gasteiger partial charge < -0.3 is 19.5 Å². The average molecular weight is 525 g/mol. The van der Waals surface area contributed by atoms with E-state index >= 15 is 0 Å². The summed E-state index contributed by atoms with van der Waals surface area (Å²) in [6.07, 6.45) is 0. The molecule has 0 spiro atoms. The Hall–Kier alpha value is -1.92. The summed E-state index contributed by atoms with van der Waals surface area (Å²) in [6.45, 7) is 4.14. The van der Waals surface area contributed by atoms with E-state index in [1.807, 2.05) is 49.4 Å². The van der Waals surface area contributed by atoms with Gasteiger partial charge in [0.1, 0.15) is 12.4 Å². The van der Waals surface area contributed by atoms with Crippen molar-refractivity contribution in [2.75, 3.05) is 13.7 Å². The summed E-state index contributed by atoms with van der Waals surface area (Å²) in [5.74, 6) is 2.19. The van der Waals surface area contributed by atoms with E-state index in [1.54, 1.807) is 19.2 Å². The lowest BCUT2D eigenvalue weighted by Crippen LogP contribution is -2.13. The van der Waals surface area contributed by atoms with Crippen LogP contribution in [-0.2, 0) is 19.7 Å². The number of methoxy groups -OCH3 is 1. The molecule has 0 radical (unpaired) electrons. The second kappa shape index (κ2) is 11.6. The van der Waals surface area contributed by atoms with Crippen LogP contribution < -0.4 is 19.5 Å². The number of ether oxygens (including phenoxy) is 3. The van der Waals surface area contributed by atoms with Crippen molar-refractivity contribution < 1.29 is 14.2 Å². The van der Waals surface area contributed by atoms with E-state index in [-0.39, 0.29) is 0 Å². The highest BCUT2D eigenvalue weighted by Crippen LogP contribution is 2.38. The minimum absolute atomic E-state index is 0.306. The quantitative estimate of drug-likeness (QED) is 0.309. The molecule has 0 aromatic heterocycles. The molecule has 164 valence electrons. The molecule has 0 amide bonds. The van der Waals surface area contributed by atoms with Gasteiger partial charge in [-0.3, -0.25) is 0 Å². The molecule has 0 fully saturated rings. The Morgan fingerprint density at radius 1 is 0.903 bits per heavy atom. The van der Waals surface area contributed by atoms with Crippen LogP contribution in [0.4, 0.5) is 0 Å². The van der Waals surface area contributed by atoms with Crippen molar-refractivity contribution in [1.29, 1.82) is 0 Å². The Balaban J connectivity index is 1.70. The summed E-state index contributed by atoms with van der Waals surface area (Å²) in [5, 5.41) is 4.61. The van der Waals surface area contributed by atoms with Gasteiger partial charge in [-0.2, -0.15) is 0 Å². The zero-order chi connectivity index (χ0) is 22.2. The van der Waals surface area contributed by atoms with Crippen LogP contribution >= 0.6 is 39.1 Å². The Bertz CT molecular complexity index is 1030. The van der Waals surface area contributed by atoms with E-state index in [0.29, 0.717) is 47.8 Å². The first kappa shape index (κ1) is 23.7. The lowest BCUT2D eigenvalue weighted by atomic mass is 10.1. The fraction of sp³-hybridized carbons (Fsp3) is 0.250. The lowest BCUT2D eigenvalue weighted by molar-refractivity contribution is 0.267. The molecular weight excluding hydrogens is 501 g/mol. The molecule has 1 N–H and O–H groups in total. The van der Waals surface area contributed by atoms with Gasteiger partial charge in [-0.25, -0.2) is 0 Å². The fourth-order valence-electron chi connectivity index (χ4n) is 3.11. The van der Waals surface area contributed by atoms with Crippen molar-refractivity contribution in [2.45, 2.75) is 26.6 Å². The zero-order valence-electron chi connectivity index (χ0n) is 17.4. The third-order valence-electron chi connectivity index (χ3n) is 4.59. The molecule has 0 aliphatic carbocycles. The largest absolute Gasteiger partial charge is 0.496 e. The molecule has 0 aliphatic heterocycles. The van der Waals surface area contributed by atoms with Gasteiger partial charge in [-0.05, 0) is 58.7 Å². The van der Waals surface area contributed by atoms with Crippen LogP contribution in [-0.4, -0.2) is 13.7 Å². The summed E-state index contributed by atoms with van der Waals surface area (Å²) in [4.78, 5) is 0. The molecule has 3 rings (SSSR count). The summed E-state index contributed by atoms with van der Waals surface area (Å²) in [7, 11) is 1.68. The first-order valence-corrected chi connectivity index (χ1v) is 11.4. The topological polar surface area (TPSA) is 39.7 Å². The Morgan fingerprint density at radius 2 is 1.71 bits per heavy atom. The number of rotatable bonds is 10. The first-order valence-electron chi connectivity index (χ1n) is 9.86. The molecule has 7 heteroatoms. The van der Waals surface area contributed by atoms with Crippen LogP contribution in [0.3, 0.4) is 0 Å². The van der Waals surface area contributed by atoms with Crippen LogP contribution in [0.15, 0.2) is 59.1 Å². The molecular formula is C24H24BrCl2NO3. The number of hydrogen-bond acceptors (Lipinski definition) is 4. The highest BCUT2D eigenvalue weighted by atomic mass is 79.9. The van der Waals surface area contributed by atoms with E-state index in [4.69, 9.17) is 37.4 Å². The normalized spacial score (nSPS) is 10.7. The maximum absolute atomic E-state index is 6.27. The minimum Gasteiger partial charge on any atom is -0.496 e. The number of halogens is 3. The standard InChI is InChI=1S/C24H24BrCl2NO3/c1-3-30-23-11-16(13-28-14-17-6-4-5-7-22(17)29-2)10-20(25)24(23)31-15-18-8-9-19(26)12-21(18)27/h4-12,28H,3,13-15H2,1-2H3. The van der Waals surface area contributed by atoms with E-state index in [2.05, 4.69) is 21.2 Å². The van der Waals surface area contributed by atoms with Crippen LogP contribution in [0.1, 0.15) is 23.6 Å². The maximum Gasteiger partial charge on any atom is 0.175 e. The zero-order valence-corrected chi connectivity index (χ0v) is 20.5.